The van der Waals surface area contributed by atoms with Gasteiger partial charge in [-0.3, -0.25) is 4.98 Å². The Labute approximate surface area is 90.9 Å². The highest BCUT2D eigenvalue weighted by atomic mass is 16.5. The molecule has 3 heteroatoms. The maximum atomic E-state index is 5.42. The first-order valence-corrected chi connectivity index (χ1v) is 5.50. The van der Waals surface area contributed by atoms with Crippen molar-refractivity contribution in [3.63, 3.8) is 0 Å². The van der Waals surface area contributed by atoms with Gasteiger partial charge >= 0.3 is 0 Å². The second kappa shape index (κ2) is 4.73. The number of nitrogens with zero attached hydrogens (tertiary/aromatic N) is 1. The highest BCUT2D eigenvalue weighted by molar-refractivity contribution is 5.14. The third-order valence-corrected chi connectivity index (χ3v) is 2.98. The van der Waals surface area contributed by atoms with Gasteiger partial charge in [0.1, 0.15) is 0 Å². The number of pyridine rings is 1. The fourth-order valence-electron chi connectivity index (χ4n) is 2.18. The van der Waals surface area contributed by atoms with Gasteiger partial charge in [0.15, 0.2) is 0 Å². The predicted molar refractivity (Wildman–Crippen MR) is 59.7 cm³/mol. The van der Waals surface area contributed by atoms with Crippen LogP contribution in [0.1, 0.15) is 23.9 Å². The molecular formula is C12H18N2O. The highest BCUT2D eigenvalue weighted by Gasteiger charge is 2.26. The zero-order valence-corrected chi connectivity index (χ0v) is 9.36. The molecule has 0 aromatic carbocycles. The summed E-state index contributed by atoms with van der Waals surface area (Å²) in [6, 6.07) is 6.51. The van der Waals surface area contributed by atoms with Crippen LogP contribution in [0.3, 0.4) is 0 Å². The quantitative estimate of drug-likeness (QED) is 0.817. The predicted octanol–water partition coefficient (Wildman–Crippen LogP) is 1.69. The van der Waals surface area contributed by atoms with Crippen molar-refractivity contribution < 1.29 is 4.74 Å². The van der Waals surface area contributed by atoms with Gasteiger partial charge in [-0.1, -0.05) is 6.07 Å². The monoisotopic (exact) mass is 206 g/mol. The van der Waals surface area contributed by atoms with E-state index in [2.05, 4.69) is 22.4 Å². The molecule has 0 saturated carbocycles. The molecule has 3 nitrogen and oxygen atoms in total. The Balaban J connectivity index is 2.18. The van der Waals surface area contributed by atoms with E-state index < -0.39 is 0 Å². The Morgan fingerprint density at radius 2 is 2.40 bits per heavy atom. The molecule has 2 rings (SSSR count). The lowest BCUT2D eigenvalue weighted by Gasteiger charge is -2.21. The lowest BCUT2D eigenvalue weighted by Crippen LogP contribution is -2.26. The smallest absolute Gasteiger partial charge is 0.0580 e. The van der Waals surface area contributed by atoms with Crippen LogP contribution in [-0.4, -0.2) is 25.2 Å². The van der Waals surface area contributed by atoms with Crippen LogP contribution in [0.4, 0.5) is 0 Å². The van der Waals surface area contributed by atoms with E-state index in [0.717, 1.165) is 31.0 Å². The molecule has 1 aromatic heterocycles. The molecule has 0 bridgehead atoms. The van der Waals surface area contributed by atoms with E-state index in [1.807, 2.05) is 20.0 Å². The van der Waals surface area contributed by atoms with Gasteiger partial charge in [0.25, 0.3) is 0 Å². The summed E-state index contributed by atoms with van der Waals surface area (Å²) < 4.78 is 5.42. The number of ether oxygens (including phenoxy) is 1. The van der Waals surface area contributed by atoms with Gasteiger partial charge in [-0.15, -0.1) is 0 Å². The van der Waals surface area contributed by atoms with Crippen molar-refractivity contribution >= 4 is 0 Å². The average Bonchev–Trinajstić information content (AvgIpc) is 2.72. The third-order valence-electron chi connectivity index (χ3n) is 2.98. The summed E-state index contributed by atoms with van der Waals surface area (Å²) in [5, 5.41) is 3.34. The maximum absolute atomic E-state index is 5.42. The normalized spacial score (nSPS) is 22.9. The van der Waals surface area contributed by atoms with Crippen molar-refractivity contribution in [2.75, 3.05) is 20.3 Å². The van der Waals surface area contributed by atoms with Gasteiger partial charge < -0.3 is 10.1 Å². The van der Waals surface area contributed by atoms with Gasteiger partial charge in [-0.05, 0) is 32.5 Å². The first-order chi connectivity index (χ1) is 7.31. The molecule has 2 atom stereocenters. The van der Waals surface area contributed by atoms with Gasteiger partial charge in [0.05, 0.1) is 18.3 Å². The zero-order chi connectivity index (χ0) is 10.7. The van der Waals surface area contributed by atoms with Crippen LogP contribution in [0, 0.1) is 12.8 Å². The average molecular weight is 206 g/mol. The summed E-state index contributed by atoms with van der Waals surface area (Å²) in [4.78, 5) is 4.57. The van der Waals surface area contributed by atoms with E-state index in [0.29, 0.717) is 12.0 Å². The van der Waals surface area contributed by atoms with Gasteiger partial charge in [-0.2, -0.15) is 0 Å². The Bertz CT molecular complexity index is 321. The Morgan fingerprint density at radius 1 is 1.53 bits per heavy atom. The molecule has 1 N–H and O–H groups in total. The van der Waals surface area contributed by atoms with Crippen LogP contribution in [0.15, 0.2) is 18.2 Å². The molecule has 1 aromatic rings. The van der Waals surface area contributed by atoms with Gasteiger partial charge in [0.2, 0.25) is 0 Å². The summed E-state index contributed by atoms with van der Waals surface area (Å²) in [5.41, 5.74) is 2.21. The maximum Gasteiger partial charge on any atom is 0.0580 e. The molecule has 0 aliphatic carbocycles. The Kier molecular flexibility index (Phi) is 3.34. The second-order valence-corrected chi connectivity index (χ2v) is 4.09. The second-order valence-electron chi connectivity index (χ2n) is 4.09. The summed E-state index contributed by atoms with van der Waals surface area (Å²) in [5.74, 6) is 0.560. The molecule has 1 aliphatic rings. The first-order valence-electron chi connectivity index (χ1n) is 5.50. The van der Waals surface area contributed by atoms with Crippen LogP contribution in [0.5, 0.6) is 0 Å². The van der Waals surface area contributed by atoms with Crippen LogP contribution in [0.25, 0.3) is 0 Å². The third kappa shape index (κ3) is 2.36. The van der Waals surface area contributed by atoms with Crippen LogP contribution in [0.2, 0.25) is 0 Å². The number of hydrogen-bond acceptors (Lipinski definition) is 3. The molecule has 2 heterocycles. The van der Waals surface area contributed by atoms with Crippen molar-refractivity contribution in [2.45, 2.75) is 19.4 Å². The van der Waals surface area contributed by atoms with Crippen molar-refractivity contribution in [1.82, 2.24) is 10.3 Å². The Morgan fingerprint density at radius 3 is 3.00 bits per heavy atom. The number of rotatable bonds is 3. The van der Waals surface area contributed by atoms with E-state index in [-0.39, 0.29) is 0 Å². The fourth-order valence-corrected chi connectivity index (χ4v) is 2.18. The summed E-state index contributed by atoms with van der Waals surface area (Å²) in [6.45, 7) is 3.76. The standard InChI is InChI=1S/C12H18N2O/c1-9-4-3-5-11(14-9)12(13-2)10-6-7-15-8-10/h3-5,10,12-13H,6-8H2,1-2H3. The molecule has 0 amide bonds. The number of aryl methyl sites for hydroxylation is 1. The van der Waals surface area contributed by atoms with Crippen molar-refractivity contribution in [3.8, 4) is 0 Å². The molecular weight excluding hydrogens is 188 g/mol. The van der Waals surface area contributed by atoms with Gasteiger partial charge in [-0.25, -0.2) is 0 Å². The van der Waals surface area contributed by atoms with Crippen LogP contribution in [-0.2, 0) is 4.74 Å². The lowest BCUT2D eigenvalue weighted by atomic mass is 9.96. The summed E-state index contributed by atoms with van der Waals surface area (Å²) in [7, 11) is 1.99. The summed E-state index contributed by atoms with van der Waals surface area (Å²) >= 11 is 0. The molecule has 2 unspecified atom stereocenters. The van der Waals surface area contributed by atoms with Crippen LogP contribution >= 0.6 is 0 Å². The minimum absolute atomic E-state index is 0.326. The van der Waals surface area contributed by atoms with Gasteiger partial charge in [0, 0.05) is 18.2 Å². The van der Waals surface area contributed by atoms with E-state index in [9.17, 15) is 0 Å². The molecule has 1 fully saturated rings. The minimum atomic E-state index is 0.326. The minimum Gasteiger partial charge on any atom is -0.381 e. The fraction of sp³-hybridized carbons (Fsp3) is 0.583. The first kappa shape index (κ1) is 10.6. The number of hydrogen-bond donors (Lipinski definition) is 1. The largest absolute Gasteiger partial charge is 0.381 e. The van der Waals surface area contributed by atoms with E-state index in [1.54, 1.807) is 0 Å². The highest BCUT2D eigenvalue weighted by Crippen LogP contribution is 2.27. The molecule has 0 radical (unpaired) electrons. The van der Waals surface area contributed by atoms with E-state index in [1.165, 1.54) is 0 Å². The molecule has 15 heavy (non-hydrogen) atoms. The molecule has 1 aliphatic heterocycles. The molecule has 82 valence electrons. The van der Waals surface area contributed by atoms with Crippen molar-refractivity contribution in [3.05, 3.63) is 29.6 Å². The number of nitrogens with one attached hydrogen (secondary N) is 1. The zero-order valence-electron chi connectivity index (χ0n) is 9.36. The summed E-state index contributed by atoms with van der Waals surface area (Å²) in [6.07, 6.45) is 1.13. The van der Waals surface area contributed by atoms with E-state index >= 15 is 0 Å². The van der Waals surface area contributed by atoms with Crippen LogP contribution < -0.4 is 5.32 Å². The Hall–Kier alpha value is -0.930. The van der Waals surface area contributed by atoms with E-state index in [4.69, 9.17) is 4.74 Å². The SMILES string of the molecule is CNC(c1cccc(C)n1)C1CCOC1. The topological polar surface area (TPSA) is 34.2 Å². The number of aromatic nitrogens is 1. The molecule has 1 saturated heterocycles. The lowest BCUT2D eigenvalue weighted by molar-refractivity contribution is 0.177. The molecule has 0 spiro atoms. The van der Waals surface area contributed by atoms with Crippen molar-refractivity contribution in [1.29, 1.82) is 0 Å². The van der Waals surface area contributed by atoms with Crippen molar-refractivity contribution in [2.24, 2.45) is 5.92 Å².